The molecule has 1 aliphatic carbocycles. The minimum absolute atomic E-state index is 0.0397. The van der Waals surface area contributed by atoms with Gasteiger partial charge in [-0.1, -0.05) is 41.9 Å². The molecule has 2 N–H and O–H groups in total. The van der Waals surface area contributed by atoms with E-state index in [9.17, 15) is 9.59 Å². The molecular weight excluding hydrogens is 336 g/mol. The van der Waals surface area contributed by atoms with E-state index in [4.69, 9.17) is 11.6 Å². The lowest BCUT2D eigenvalue weighted by Gasteiger charge is -2.16. The lowest BCUT2D eigenvalue weighted by Crippen LogP contribution is -2.39. The Morgan fingerprint density at radius 1 is 1.04 bits per heavy atom. The molecule has 3 rings (SSSR count). The van der Waals surface area contributed by atoms with Gasteiger partial charge in [-0.25, -0.2) is 0 Å². The fourth-order valence-electron chi connectivity index (χ4n) is 3.07. The molecule has 1 fully saturated rings. The van der Waals surface area contributed by atoms with E-state index in [1.807, 2.05) is 44.2 Å². The molecular formula is C20H21ClN2O2. The first kappa shape index (κ1) is 17.5. The summed E-state index contributed by atoms with van der Waals surface area (Å²) < 4.78 is 0. The Morgan fingerprint density at radius 2 is 1.64 bits per heavy atom. The van der Waals surface area contributed by atoms with Crippen LogP contribution < -0.4 is 10.6 Å². The molecule has 0 aliphatic heterocycles. The molecule has 25 heavy (non-hydrogen) atoms. The van der Waals surface area contributed by atoms with Gasteiger partial charge in [0, 0.05) is 10.7 Å². The smallest absolute Gasteiger partial charge is 0.243 e. The Kier molecular flexibility index (Phi) is 4.82. The summed E-state index contributed by atoms with van der Waals surface area (Å²) in [6.45, 7) is 3.85. The third kappa shape index (κ3) is 3.69. The standard InChI is InChI=1S/C20H21ClN2O2/c1-13-4-3-5-14(2)18(13)23-17(24)12-22-19(25)20(10-11-20)15-6-8-16(21)9-7-15/h3-9H,10-12H2,1-2H3,(H,22,25)(H,23,24). The van der Waals surface area contributed by atoms with Gasteiger partial charge >= 0.3 is 0 Å². The second kappa shape index (κ2) is 6.89. The number of hydrogen-bond acceptors (Lipinski definition) is 2. The number of amides is 2. The number of carbonyl (C=O) groups is 2. The van der Waals surface area contributed by atoms with E-state index < -0.39 is 5.41 Å². The van der Waals surface area contributed by atoms with Gasteiger partial charge in [0.1, 0.15) is 0 Å². The second-order valence-corrected chi connectivity index (χ2v) is 7.02. The maximum Gasteiger partial charge on any atom is 0.243 e. The number of para-hydroxylation sites is 1. The maximum atomic E-state index is 12.6. The number of anilines is 1. The summed E-state index contributed by atoms with van der Waals surface area (Å²) in [7, 11) is 0. The fraction of sp³-hybridized carbons (Fsp3) is 0.300. The highest BCUT2D eigenvalue weighted by atomic mass is 35.5. The molecule has 2 aromatic carbocycles. The Labute approximate surface area is 152 Å². The van der Waals surface area contributed by atoms with Crippen LogP contribution in [0.4, 0.5) is 5.69 Å². The van der Waals surface area contributed by atoms with E-state index in [2.05, 4.69) is 10.6 Å². The van der Waals surface area contributed by atoms with Crippen molar-refractivity contribution in [2.24, 2.45) is 0 Å². The zero-order valence-corrected chi connectivity index (χ0v) is 15.1. The van der Waals surface area contributed by atoms with E-state index in [-0.39, 0.29) is 18.4 Å². The lowest BCUT2D eigenvalue weighted by molar-refractivity contribution is -0.126. The Bertz CT molecular complexity index is 791. The van der Waals surface area contributed by atoms with Gasteiger partial charge in [0.2, 0.25) is 11.8 Å². The average Bonchev–Trinajstić information content (AvgIpc) is 3.39. The number of carbonyl (C=O) groups excluding carboxylic acids is 2. The van der Waals surface area contributed by atoms with E-state index in [1.165, 1.54) is 0 Å². The van der Waals surface area contributed by atoms with Crippen LogP contribution in [0.25, 0.3) is 0 Å². The van der Waals surface area contributed by atoms with Crippen molar-refractivity contribution in [3.05, 3.63) is 64.2 Å². The van der Waals surface area contributed by atoms with Crippen molar-refractivity contribution >= 4 is 29.1 Å². The first-order valence-corrected chi connectivity index (χ1v) is 8.70. The number of benzene rings is 2. The summed E-state index contributed by atoms with van der Waals surface area (Å²) >= 11 is 5.91. The molecule has 0 heterocycles. The summed E-state index contributed by atoms with van der Waals surface area (Å²) in [5.74, 6) is -0.330. The highest BCUT2D eigenvalue weighted by Gasteiger charge is 2.51. The van der Waals surface area contributed by atoms with E-state index in [0.717, 1.165) is 35.2 Å². The largest absolute Gasteiger partial charge is 0.346 e. The molecule has 2 amide bonds. The van der Waals surface area contributed by atoms with Crippen molar-refractivity contribution in [1.82, 2.24) is 5.32 Å². The number of aryl methyl sites for hydroxylation is 2. The molecule has 0 unspecified atom stereocenters. The molecule has 1 aliphatic rings. The summed E-state index contributed by atoms with van der Waals surface area (Å²) in [6, 6.07) is 13.2. The first-order chi connectivity index (χ1) is 11.9. The van der Waals surface area contributed by atoms with Gasteiger partial charge in [0.25, 0.3) is 0 Å². The van der Waals surface area contributed by atoms with Gasteiger partial charge in [-0.15, -0.1) is 0 Å². The minimum atomic E-state index is -0.510. The van der Waals surface area contributed by atoms with Gasteiger partial charge in [-0.2, -0.15) is 0 Å². The molecule has 0 saturated heterocycles. The van der Waals surface area contributed by atoms with Crippen molar-refractivity contribution in [2.45, 2.75) is 32.1 Å². The topological polar surface area (TPSA) is 58.2 Å². The van der Waals surface area contributed by atoms with Gasteiger partial charge in [-0.3, -0.25) is 9.59 Å². The zero-order valence-electron chi connectivity index (χ0n) is 14.4. The average molecular weight is 357 g/mol. The molecule has 130 valence electrons. The van der Waals surface area contributed by atoms with Gasteiger partial charge in [0.15, 0.2) is 0 Å². The van der Waals surface area contributed by atoms with Gasteiger partial charge in [0.05, 0.1) is 12.0 Å². The van der Waals surface area contributed by atoms with Crippen molar-refractivity contribution in [3.63, 3.8) is 0 Å². The quantitative estimate of drug-likeness (QED) is 0.857. The predicted molar refractivity (Wildman–Crippen MR) is 99.9 cm³/mol. The van der Waals surface area contributed by atoms with Crippen LogP contribution >= 0.6 is 11.6 Å². The summed E-state index contributed by atoms with van der Waals surface area (Å²) in [5.41, 5.74) is 3.24. The molecule has 2 aromatic rings. The van der Waals surface area contributed by atoms with E-state index >= 15 is 0 Å². The van der Waals surface area contributed by atoms with Crippen LogP contribution in [0.5, 0.6) is 0 Å². The molecule has 0 atom stereocenters. The summed E-state index contributed by atoms with van der Waals surface area (Å²) in [5, 5.41) is 6.30. The fourth-order valence-corrected chi connectivity index (χ4v) is 3.19. The number of rotatable bonds is 5. The highest BCUT2D eigenvalue weighted by molar-refractivity contribution is 6.30. The SMILES string of the molecule is Cc1cccc(C)c1NC(=O)CNC(=O)C1(c2ccc(Cl)cc2)CC1. The predicted octanol–water partition coefficient (Wildman–Crippen LogP) is 3.74. The van der Waals surface area contributed by atoms with E-state index in [1.54, 1.807) is 12.1 Å². The van der Waals surface area contributed by atoms with Gasteiger partial charge in [-0.05, 0) is 55.5 Å². The molecule has 0 spiro atoms. The highest BCUT2D eigenvalue weighted by Crippen LogP contribution is 2.48. The van der Waals surface area contributed by atoms with Crippen LogP contribution in [0.1, 0.15) is 29.5 Å². The summed E-state index contributed by atoms with van der Waals surface area (Å²) in [4.78, 5) is 24.8. The third-order valence-electron chi connectivity index (χ3n) is 4.74. The van der Waals surface area contributed by atoms with Crippen LogP contribution in [-0.4, -0.2) is 18.4 Å². The van der Waals surface area contributed by atoms with Crippen LogP contribution in [0.15, 0.2) is 42.5 Å². The minimum Gasteiger partial charge on any atom is -0.346 e. The third-order valence-corrected chi connectivity index (χ3v) is 4.99. The number of halogens is 1. The molecule has 4 nitrogen and oxygen atoms in total. The molecule has 0 radical (unpaired) electrons. The second-order valence-electron chi connectivity index (χ2n) is 6.59. The van der Waals surface area contributed by atoms with Crippen molar-refractivity contribution in [2.75, 3.05) is 11.9 Å². The molecule has 0 aromatic heterocycles. The zero-order chi connectivity index (χ0) is 18.0. The van der Waals surface area contributed by atoms with E-state index in [0.29, 0.717) is 5.02 Å². The van der Waals surface area contributed by atoms with Crippen LogP contribution in [0.2, 0.25) is 5.02 Å². The Balaban J connectivity index is 1.61. The van der Waals surface area contributed by atoms with Crippen LogP contribution in [-0.2, 0) is 15.0 Å². The molecule has 1 saturated carbocycles. The number of hydrogen-bond donors (Lipinski definition) is 2. The lowest BCUT2D eigenvalue weighted by atomic mass is 9.95. The Hall–Kier alpha value is -2.33. The van der Waals surface area contributed by atoms with Crippen molar-refractivity contribution < 1.29 is 9.59 Å². The molecule has 5 heteroatoms. The molecule has 0 bridgehead atoms. The maximum absolute atomic E-state index is 12.6. The van der Waals surface area contributed by atoms with Crippen molar-refractivity contribution in [3.8, 4) is 0 Å². The van der Waals surface area contributed by atoms with Crippen LogP contribution in [0.3, 0.4) is 0 Å². The van der Waals surface area contributed by atoms with Crippen LogP contribution in [0, 0.1) is 13.8 Å². The normalized spacial score (nSPS) is 14.7. The Morgan fingerprint density at radius 3 is 2.20 bits per heavy atom. The summed E-state index contributed by atoms with van der Waals surface area (Å²) in [6.07, 6.45) is 1.58. The number of nitrogens with one attached hydrogen (secondary N) is 2. The van der Waals surface area contributed by atoms with Gasteiger partial charge < -0.3 is 10.6 Å². The monoisotopic (exact) mass is 356 g/mol. The van der Waals surface area contributed by atoms with Crippen molar-refractivity contribution in [1.29, 1.82) is 0 Å². The first-order valence-electron chi connectivity index (χ1n) is 8.33.